The van der Waals surface area contributed by atoms with Crippen molar-refractivity contribution >= 4 is 28.7 Å². The normalized spacial score (nSPS) is 19.1. The first-order chi connectivity index (χ1) is 24.1. The van der Waals surface area contributed by atoms with E-state index < -0.39 is 18.1 Å². The quantitative estimate of drug-likeness (QED) is 0.225. The van der Waals surface area contributed by atoms with Crippen LogP contribution in [-0.2, 0) is 6.54 Å². The lowest BCUT2D eigenvalue weighted by atomic mass is 10.0. The average molecular weight is 728 g/mol. The van der Waals surface area contributed by atoms with Crippen molar-refractivity contribution in [2.24, 2.45) is 22.0 Å². The van der Waals surface area contributed by atoms with Crippen LogP contribution in [-0.4, -0.2) is 91.5 Å². The molecular weight excluding hydrogens is 678 g/mol. The van der Waals surface area contributed by atoms with E-state index in [1.54, 1.807) is 18.2 Å². The summed E-state index contributed by atoms with van der Waals surface area (Å²) in [5.41, 5.74) is 4.66. The van der Waals surface area contributed by atoms with Gasteiger partial charge < -0.3 is 20.0 Å². The van der Waals surface area contributed by atoms with Crippen LogP contribution in [0.5, 0.6) is 0 Å². The van der Waals surface area contributed by atoms with Crippen molar-refractivity contribution < 1.29 is 17.6 Å². The first kappa shape index (κ1) is 38.6. The van der Waals surface area contributed by atoms with Crippen LogP contribution in [0.2, 0.25) is 5.02 Å². The van der Waals surface area contributed by atoms with Gasteiger partial charge in [0.25, 0.3) is 6.43 Å². The first-order valence-corrected chi connectivity index (χ1v) is 17.9. The largest absolute Gasteiger partial charge is 0.373 e. The number of allylic oxidation sites excluding steroid dienone is 2. The van der Waals surface area contributed by atoms with E-state index in [0.717, 1.165) is 58.3 Å². The Balaban J connectivity index is 0.000000356. The summed E-state index contributed by atoms with van der Waals surface area (Å²) >= 11 is 6.09. The number of nitrogens with zero attached hydrogens (tertiary/aromatic N) is 6. The van der Waals surface area contributed by atoms with Gasteiger partial charge in [0.2, 0.25) is 0 Å². The standard InChI is InChI=1S/C29H30ClF4N5.C9H16N2.CH4/c1-18(16-37-9-11-38(12-10-37)19(2)20-3-4-20)39(23-7-8-25(31)24(30)14-23)17-22-6-5-21(13-26(22)32)27-15-28(29(33)34)36-35-27;1-8(9-2-3-9)11-6-4-10-5-7-11;/h5-8,13-14,20,29H,1-4,9-12,15-17H2;9-10H,1-7H2;1H4. The highest BCUT2D eigenvalue weighted by atomic mass is 35.5. The molecule has 2 saturated carbocycles. The molecular formula is C39H50ClF4N7. The molecule has 7 nitrogen and oxygen atoms in total. The Morgan fingerprint density at radius 3 is 2.02 bits per heavy atom. The number of hydrogen-bond donors (Lipinski definition) is 1. The fourth-order valence-corrected chi connectivity index (χ4v) is 6.72. The van der Waals surface area contributed by atoms with Crippen LogP contribution in [0.25, 0.3) is 0 Å². The summed E-state index contributed by atoms with van der Waals surface area (Å²) in [6.07, 6.45) is 2.39. The predicted molar refractivity (Wildman–Crippen MR) is 201 cm³/mol. The van der Waals surface area contributed by atoms with E-state index >= 15 is 4.39 Å². The van der Waals surface area contributed by atoms with Crippen molar-refractivity contribution in [3.05, 3.63) is 101 Å². The fourth-order valence-electron chi connectivity index (χ4n) is 6.55. The topological polar surface area (TPSA) is 49.7 Å². The van der Waals surface area contributed by atoms with E-state index in [1.807, 2.05) is 4.90 Å². The van der Waals surface area contributed by atoms with Crippen LogP contribution in [0.3, 0.4) is 0 Å². The Morgan fingerprint density at radius 2 is 1.47 bits per heavy atom. The van der Waals surface area contributed by atoms with Crippen LogP contribution in [0.15, 0.2) is 83.4 Å². The lowest BCUT2D eigenvalue weighted by molar-refractivity contribution is 0.163. The Hall–Kier alpha value is -3.67. The summed E-state index contributed by atoms with van der Waals surface area (Å²) in [4.78, 5) is 8.91. The molecule has 12 heteroatoms. The average Bonchev–Trinajstić information content (AvgIpc) is 4.07. The maximum Gasteiger partial charge on any atom is 0.278 e. The Bertz CT molecular complexity index is 1640. The number of rotatable bonds is 12. The Labute approximate surface area is 305 Å². The second kappa shape index (κ2) is 17.2. The van der Waals surface area contributed by atoms with Crippen LogP contribution >= 0.6 is 11.6 Å². The lowest BCUT2D eigenvalue weighted by Gasteiger charge is -2.39. The third kappa shape index (κ3) is 10.0. The van der Waals surface area contributed by atoms with Crippen LogP contribution in [0.1, 0.15) is 50.7 Å². The highest BCUT2D eigenvalue weighted by Crippen LogP contribution is 2.38. The van der Waals surface area contributed by atoms with Crippen LogP contribution in [0.4, 0.5) is 23.2 Å². The highest BCUT2D eigenvalue weighted by Gasteiger charge is 2.31. The van der Waals surface area contributed by atoms with E-state index in [4.69, 9.17) is 11.6 Å². The SMILES string of the molecule is C.C=C(C1CC1)N1CCN(CC(=C)N(Cc2ccc(C3=NN=C(C(F)F)C3)cc2F)c2ccc(F)c(Cl)c2)CC1.C=C(C1CC1)N1CCNCC1. The predicted octanol–water partition coefficient (Wildman–Crippen LogP) is 7.95. The Kier molecular flexibility index (Phi) is 13.0. The Morgan fingerprint density at radius 1 is 0.843 bits per heavy atom. The molecule has 1 N–H and O–H groups in total. The molecule has 4 fully saturated rings. The van der Waals surface area contributed by atoms with Gasteiger partial charge in [0.05, 0.1) is 17.3 Å². The van der Waals surface area contributed by atoms with Gasteiger partial charge in [-0.3, -0.25) is 4.90 Å². The minimum absolute atomic E-state index is 0. The molecule has 51 heavy (non-hydrogen) atoms. The number of halogens is 5. The van der Waals surface area contributed by atoms with Crippen molar-refractivity contribution in [3.63, 3.8) is 0 Å². The summed E-state index contributed by atoms with van der Waals surface area (Å²) in [5, 5.41) is 10.6. The van der Waals surface area contributed by atoms with E-state index in [-0.39, 0.29) is 31.1 Å². The minimum Gasteiger partial charge on any atom is -0.373 e. The van der Waals surface area contributed by atoms with Gasteiger partial charge in [0.15, 0.2) is 0 Å². The number of alkyl halides is 2. The van der Waals surface area contributed by atoms with E-state index in [0.29, 0.717) is 40.7 Å². The molecule has 0 radical (unpaired) electrons. The third-order valence-corrected chi connectivity index (χ3v) is 10.3. The second-order valence-corrected chi connectivity index (χ2v) is 14.1. The first-order valence-electron chi connectivity index (χ1n) is 17.5. The summed E-state index contributed by atoms with van der Waals surface area (Å²) in [7, 11) is 0. The van der Waals surface area contributed by atoms with Gasteiger partial charge >= 0.3 is 0 Å². The van der Waals surface area contributed by atoms with E-state index in [9.17, 15) is 13.2 Å². The second-order valence-electron chi connectivity index (χ2n) is 13.7. The molecule has 2 aromatic carbocycles. The number of nitrogens with one attached hydrogen (secondary N) is 1. The summed E-state index contributed by atoms with van der Waals surface area (Å²) < 4.78 is 55.1. The molecule has 2 aromatic rings. The number of anilines is 1. The zero-order chi connectivity index (χ0) is 35.4. The van der Waals surface area contributed by atoms with Crippen molar-refractivity contribution in [2.45, 2.75) is 52.5 Å². The molecule has 7 rings (SSSR count). The zero-order valence-electron chi connectivity index (χ0n) is 28.5. The van der Waals surface area contributed by atoms with Crippen molar-refractivity contribution in [1.82, 2.24) is 20.0 Å². The summed E-state index contributed by atoms with van der Waals surface area (Å²) in [6.45, 7) is 21.4. The summed E-state index contributed by atoms with van der Waals surface area (Å²) in [5.74, 6) is 0.411. The molecule has 0 unspecified atom stereocenters. The molecule has 2 saturated heterocycles. The van der Waals surface area contributed by atoms with Gasteiger partial charge in [0.1, 0.15) is 17.3 Å². The number of benzene rings is 2. The molecule has 3 aliphatic heterocycles. The maximum atomic E-state index is 15.3. The molecule has 0 aromatic heterocycles. The van der Waals surface area contributed by atoms with Gasteiger partial charge in [-0.2, -0.15) is 10.2 Å². The number of piperazine rings is 2. The van der Waals surface area contributed by atoms with Gasteiger partial charge in [-0.15, -0.1) is 0 Å². The van der Waals surface area contributed by atoms with Gasteiger partial charge in [-0.05, 0) is 61.8 Å². The van der Waals surface area contributed by atoms with Crippen molar-refractivity contribution in [2.75, 3.05) is 63.8 Å². The van der Waals surface area contributed by atoms with Gasteiger partial charge in [0, 0.05) is 99.2 Å². The molecule has 0 bridgehead atoms. The van der Waals surface area contributed by atoms with E-state index in [2.05, 4.69) is 50.0 Å². The smallest absolute Gasteiger partial charge is 0.278 e. The lowest BCUT2D eigenvalue weighted by Crippen LogP contribution is -2.47. The molecule has 0 atom stereocenters. The highest BCUT2D eigenvalue weighted by molar-refractivity contribution is 6.31. The van der Waals surface area contributed by atoms with Crippen LogP contribution < -0.4 is 10.2 Å². The summed E-state index contributed by atoms with van der Waals surface area (Å²) in [6, 6.07) is 8.89. The molecule has 5 aliphatic rings. The van der Waals surface area contributed by atoms with Gasteiger partial charge in [-0.25, -0.2) is 17.6 Å². The number of hydrogen-bond acceptors (Lipinski definition) is 7. The van der Waals surface area contributed by atoms with Gasteiger partial charge in [-0.1, -0.05) is 50.9 Å². The molecule has 3 heterocycles. The molecule has 0 amide bonds. The molecule has 0 spiro atoms. The fraction of sp³-hybridized carbons (Fsp3) is 0.487. The molecule has 2 aliphatic carbocycles. The minimum atomic E-state index is -2.70. The maximum absolute atomic E-state index is 15.3. The molecule has 276 valence electrons. The van der Waals surface area contributed by atoms with Crippen molar-refractivity contribution in [3.8, 4) is 0 Å². The van der Waals surface area contributed by atoms with Crippen LogP contribution in [0, 0.1) is 23.5 Å². The monoisotopic (exact) mass is 727 g/mol. The van der Waals surface area contributed by atoms with Crippen molar-refractivity contribution in [1.29, 1.82) is 0 Å². The zero-order valence-corrected chi connectivity index (χ0v) is 29.3. The van der Waals surface area contributed by atoms with E-state index in [1.165, 1.54) is 55.3 Å². The third-order valence-electron chi connectivity index (χ3n) is 10.0.